The summed E-state index contributed by atoms with van der Waals surface area (Å²) in [6.07, 6.45) is 2.20. The van der Waals surface area contributed by atoms with Gasteiger partial charge in [-0.2, -0.15) is 5.10 Å². The van der Waals surface area contributed by atoms with Crippen LogP contribution in [0.5, 0.6) is 0 Å². The zero-order chi connectivity index (χ0) is 22.2. The number of Topliss-reactive ketones (excluding diaryl/α,β-unsaturated/α-hetero) is 1. The van der Waals surface area contributed by atoms with Gasteiger partial charge >= 0.3 is 0 Å². The molecular formula is C24H31N5O3. The largest absolute Gasteiger partial charge is 0.379 e. The molecule has 0 bridgehead atoms. The smallest absolute Gasteiger partial charge is 0.182 e. The molecule has 0 spiro atoms. The number of carbonyl (C=O) groups is 1. The molecule has 1 N–H and O–H groups in total. The second-order valence-corrected chi connectivity index (χ2v) is 8.11. The maximum absolute atomic E-state index is 13.0. The number of aromatic nitrogens is 1. The van der Waals surface area contributed by atoms with Crippen molar-refractivity contribution in [3.8, 4) is 0 Å². The summed E-state index contributed by atoms with van der Waals surface area (Å²) in [5, 5.41) is 4.34. The number of hydrazone groups is 1. The van der Waals surface area contributed by atoms with Crippen molar-refractivity contribution in [2.75, 3.05) is 69.5 Å². The second kappa shape index (κ2) is 11.2. The van der Waals surface area contributed by atoms with Gasteiger partial charge in [-0.05, 0) is 18.6 Å². The van der Waals surface area contributed by atoms with Crippen LogP contribution in [0.1, 0.15) is 28.0 Å². The first-order valence-corrected chi connectivity index (χ1v) is 11.2. The fourth-order valence-corrected chi connectivity index (χ4v) is 3.86. The number of nitrogens with zero attached hydrogens (tertiary/aromatic N) is 4. The van der Waals surface area contributed by atoms with E-state index >= 15 is 0 Å². The van der Waals surface area contributed by atoms with E-state index in [-0.39, 0.29) is 5.78 Å². The number of aryl methyl sites for hydroxylation is 1. The lowest BCUT2D eigenvalue weighted by molar-refractivity contribution is 0.0369. The number of ether oxygens (including phenoxy) is 2. The lowest BCUT2D eigenvalue weighted by atomic mass is 10.1. The number of nitrogens with one attached hydrogen (secondary N) is 1. The molecule has 170 valence electrons. The fourth-order valence-electron chi connectivity index (χ4n) is 3.86. The van der Waals surface area contributed by atoms with E-state index in [1.165, 1.54) is 5.56 Å². The van der Waals surface area contributed by atoms with E-state index in [0.717, 1.165) is 57.2 Å². The Morgan fingerprint density at radius 2 is 1.84 bits per heavy atom. The summed E-state index contributed by atoms with van der Waals surface area (Å²) in [5.74, 6) is 0.602. The van der Waals surface area contributed by atoms with Crippen LogP contribution in [0.2, 0.25) is 0 Å². The highest BCUT2D eigenvalue weighted by molar-refractivity contribution is 5.95. The summed E-state index contributed by atoms with van der Waals surface area (Å²) >= 11 is 0. The number of ketones is 1. The normalized spacial score (nSPS) is 17.6. The number of hydrogen-bond donors (Lipinski definition) is 1. The molecule has 1 aromatic heterocycles. The third kappa shape index (κ3) is 6.35. The summed E-state index contributed by atoms with van der Waals surface area (Å²) in [6.45, 7) is 8.90. The van der Waals surface area contributed by atoms with Gasteiger partial charge in [-0.3, -0.25) is 15.1 Å². The van der Waals surface area contributed by atoms with Gasteiger partial charge in [-0.1, -0.05) is 29.8 Å². The molecule has 3 heterocycles. The first-order chi connectivity index (χ1) is 15.7. The Bertz CT molecular complexity index is 937. The minimum absolute atomic E-state index is 0.0392. The quantitative estimate of drug-likeness (QED) is 0.386. The monoisotopic (exact) mass is 437 g/mol. The second-order valence-electron chi connectivity index (χ2n) is 8.11. The lowest BCUT2D eigenvalue weighted by Gasteiger charge is -2.29. The molecule has 0 radical (unpaired) electrons. The zero-order valence-corrected chi connectivity index (χ0v) is 18.6. The molecule has 8 heteroatoms. The Morgan fingerprint density at radius 3 is 2.59 bits per heavy atom. The van der Waals surface area contributed by atoms with Gasteiger partial charge in [0.25, 0.3) is 0 Å². The van der Waals surface area contributed by atoms with E-state index in [4.69, 9.17) is 9.47 Å². The average molecular weight is 438 g/mol. The molecule has 8 nitrogen and oxygen atoms in total. The maximum Gasteiger partial charge on any atom is 0.182 e. The third-order valence-electron chi connectivity index (χ3n) is 5.67. The highest BCUT2D eigenvalue weighted by Gasteiger charge is 2.18. The van der Waals surface area contributed by atoms with Gasteiger partial charge in [0.1, 0.15) is 11.5 Å². The topological polar surface area (TPSA) is 79.3 Å². The van der Waals surface area contributed by atoms with Crippen molar-refractivity contribution >= 4 is 23.5 Å². The van der Waals surface area contributed by atoms with Gasteiger partial charge in [0, 0.05) is 50.9 Å². The molecule has 0 unspecified atom stereocenters. The van der Waals surface area contributed by atoms with Crippen molar-refractivity contribution in [3.63, 3.8) is 0 Å². The van der Waals surface area contributed by atoms with Crippen molar-refractivity contribution < 1.29 is 14.3 Å². The summed E-state index contributed by atoms with van der Waals surface area (Å²) < 4.78 is 10.9. The SMILES string of the molecule is Cc1cccc(C=NNc2cc(N3CCOCC3)cc(C(=O)CCN3CCOCC3)n2)c1. The first kappa shape index (κ1) is 22.4. The summed E-state index contributed by atoms with van der Waals surface area (Å²) in [4.78, 5) is 22.0. The van der Waals surface area contributed by atoms with Crippen LogP contribution in [-0.2, 0) is 9.47 Å². The molecule has 0 amide bonds. The minimum Gasteiger partial charge on any atom is -0.379 e. The van der Waals surface area contributed by atoms with Gasteiger partial charge in [-0.15, -0.1) is 0 Å². The van der Waals surface area contributed by atoms with Crippen LogP contribution in [0.3, 0.4) is 0 Å². The number of carbonyl (C=O) groups excluding carboxylic acids is 1. The summed E-state index contributed by atoms with van der Waals surface area (Å²) in [5.41, 5.74) is 6.63. The molecular weight excluding hydrogens is 406 g/mol. The zero-order valence-electron chi connectivity index (χ0n) is 18.6. The average Bonchev–Trinajstić information content (AvgIpc) is 2.83. The fraction of sp³-hybridized carbons (Fsp3) is 0.458. The van der Waals surface area contributed by atoms with E-state index in [1.54, 1.807) is 6.21 Å². The Balaban J connectivity index is 1.48. The Hall–Kier alpha value is -2.81. The van der Waals surface area contributed by atoms with E-state index in [9.17, 15) is 4.79 Å². The Morgan fingerprint density at radius 1 is 1.09 bits per heavy atom. The van der Waals surface area contributed by atoms with Crippen LogP contribution in [0.4, 0.5) is 11.5 Å². The standard InChI is InChI=1S/C24H31N5O3/c1-19-3-2-4-20(15-19)18-25-27-24-17-21(29-9-13-32-14-10-29)16-22(26-24)23(30)5-6-28-7-11-31-12-8-28/h2-4,15-18H,5-14H2,1H3,(H,26,27). The molecule has 4 rings (SSSR count). The van der Waals surface area contributed by atoms with Crippen LogP contribution < -0.4 is 10.3 Å². The minimum atomic E-state index is 0.0392. The number of pyridine rings is 1. The number of anilines is 2. The van der Waals surface area contributed by atoms with E-state index in [2.05, 4.69) is 31.4 Å². The number of hydrogen-bond acceptors (Lipinski definition) is 8. The van der Waals surface area contributed by atoms with E-state index in [1.807, 2.05) is 37.3 Å². The van der Waals surface area contributed by atoms with Crippen LogP contribution in [0.25, 0.3) is 0 Å². The Labute approximate surface area is 189 Å². The van der Waals surface area contributed by atoms with Crippen LogP contribution in [-0.4, -0.2) is 81.0 Å². The van der Waals surface area contributed by atoms with E-state index < -0.39 is 0 Å². The van der Waals surface area contributed by atoms with Crippen molar-refractivity contribution in [1.29, 1.82) is 0 Å². The van der Waals surface area contributed by atoms with Gasteiger partial charge in [0.2, 0.25) is 0 Å². The highest BCUT2D eigenvalue weighted by atomic mass is 16.5. The molecule has 2 fully saturated rings. The van der Waals surface area contributed by atoms with Gasteiger partial charge in [-0.25, -0.2) is 4.98 Å². The summed E-state index contributed by atoms with van der Waals surface area (Å²) in [6, 6.07) is 11.9. The van der Waals surface area contributed by atoms with Crippen molar-refractivity contribution in [3.05, 3.63) is 53.2 Å². The maximum atomic E-state index is 13.0. The van der Waals surface area contributed by atoms with Gasteiger partial charge in [0.15, 0.2) is 5.78 Å². The highest BCUT2D eigenvalue weighted by Crippen LogP contribution is 2.22. The van der Waals surface area contributed by atoms with Gasteiger partial charge < -0.3 is 14.4 Å². The molecule has 0 atom stereocenters. The molecule has 32 heavy (non-hydrogen) atoms. The van der Waals surface area contributed by atoms with Crippen molar-refractivity contribution in [1.82, 2.24) is 9.88 Å². The number of rotatable bonds is 8. The molecule has 0 aliphatic carbocycles. The van der Waals surface area contributed by atoms with Crippen molar-refractivity contribution in [2.45, 2.75) is 13.3 Å². The van der Waals surface area contributed by atoms with Crippen LogP contribution in [0, 0.1) is 6.92 Å². The number of benzene rings is 1. The summed E-state index contributed by atoms with van der Waals surface area (Å²) in [7, 11) is 0. The predicted molar refractivity (Wildman–Crippen MR) is 126 cm³/mol. The molecule has 2 aliphatic heterocycles. The van der Waals surface area contributed by atoms with Crippen LogP contribution in [0.15, 0.2) is 41.5 Å². The molecule has 2 aliphatic rings. The Kier molecular flexibility index (Phi) is 7.82. The van der Waals surface area contributed by atoms with E-state index in [0.29, 0.717) is 31.1 Å². The third-order valence-corrected chi connectivity index (χ3v) is 5.67. The molecule has 2 aromatic rings. The van der Waals surface area contributed by atoms with Crippen LogP contribution >= 0.6 is 0 Å². The lowest BCUT2D eigenvalue weighted by Crippen LogP contribution is -2.37. The van der Waals surface area contributed by atoms with Gasteiger partial charge in [0.05, 0.1) is 32.6 Å². The molecule has 2 saturated heterocycles. The number of morpholine rings is 2. The first-order valence-electron chi connectivity index (χ1n) is 11.2. The predicted octanol–water partition coefficient (Wildman–Crippen LogP) is 2.58. The molecule has 1 aromatic carbocycles. The van der Waals surface area contributed by atoms with Crippen molar-refractivity contribution in [2.24, 2.45) is 5.10 Å². The molecule has 0 saturated carbocycles.